The maximum Gasteiger partial charge on any atom is 0.252 e. The summed E-state index contributed by atoms with van der Waals surface area (Å²) in [5.74, 6) is 1.39. The van der Waals surface area contributed by atoms with Gasteiger partial charge in [-0.15, -0.1) is 0 Å². The van der Waals surface area contributed by atoms with Crippen LogP contribution in [0.1, 0.15) is 36.2 Å². The fourth-order valence-corrected chi connectivity index (χ4v) is 4.08. The second-order valence-electron chi connectivity index (χ2n) is 7.85. The van der Waals surface area contributed by atoms with E-state index in [9.17, 15) is 9.18 Å². The van der Waals surface area contributed by atoms with Crippen molar-refractivity contribution < 1.29 is 13.9 Å². The van der Waals surface area contributed by atoms with Crippen LogP contribution in [-0.2, 0) is 11.2 Å². The first-order valence-corrected chi connectivity index (χ1v) is 10.3. The molecular formula is C22H26FN5O2. The molecule has 1 aliphatic rings. The third-order valence-electron chi connectivity index (χ3n) is 5.75. The second-order valence-corrected chi connectivity index (χ2v) is 7.85. The number of aryl methyl sites for hydroxylation is 2. The molecule has 3 aromatic rings. The Bertz CT molecular complexity index is 1030. The van der Waals surface area contributed by atoms with Crippen LogP contribution in [0.4, 0.5) is 4.39 Å². The van der Waals surface area contributed by atoms with Crippen LogP contribution < -0.4 is 4.74 Å². The first-order valence-electron chi connectivity index (χ1n) is 10.3. The molecule has 1 fully saturated rings. The van der Waals surface area contributed by atoms with Crippen LogP contribution in [0.5, 0.6) is 5.75 Å². The average molecular weight is 411 g/mol. The summed E-state index contributed by atoms with van der Waals surface area (Å²) < 4.78 is 20.5. The van der Waals surface area contributed by atoms with Crippen LogP contribution in [0.3, 0.4) is 0 Å². The van der Waals surface area contributed by atoms with E-state index in [0.29, 0.717) is 37.5 Å². The van der Waals surface area contributed by atoms with Gasteiger partial charge in [-0.1, -0.05) is 0 Å². The summed E-state index contributed by atoms with van der Waals surface area (Å²) >= 11 is 0. The average Bonchev–Trinajstić information content (AvgIpc) is 3.22. The minimum atomic E-state index is -0.277. The van der Waals surface area contributed by atoms with Crippen molar-refractivity contribution in [3.8, 4) is 5.75 Å². The topological polar surface area (TPSA) is 72.6 Å². The zero-order valence-corrected chi connectivity index (χ0v) is 17.3. The molecule has 3 heterocycles. The third-order valence-corrected chi connectivity index (χ3v) is 5.75. The Morgan fingerprint density at radius 2 is 2.07 bits per heavy atom. The number of benzene rings is 1. The van der Waals surface area contributed by atoms with Crippen molar-refractivity contribution in [2.24, 2.45) is 5.92 Å². The van der Waals surface area contributed by atoms with Crippen LogP contribution >= 0.6 is 0 Å². The maximum atomic E-state index is 13.0. The van der Waals surface area contributed by atoms with Gasteiger partial charge in [0.25, 0.3) is 5.78 Å². The molecule has 0 saturated carbocycles. The normalized spacial score (nSPS) is 16.8. The number of hydrogen-bond acceptors (Lipinski definition) is 5. The van der Waals surface area contributed by atoms with Gasteiger partial charge in [0, 0.05) is 36.8 Å². The van der Waals surface area contributed by atoms with Gasteiger partial charge >= 0.3 is 0 Å². The number of piperidine rings is 1. The Morgan fingerprint density at radius 3 is 2.87 bits per heavy atom. The number of carbonyl (C=O) groups excluding carboxylic acids is 1. The summed E-state index contributed by atoms with van der Waals surface area (Å²) in [6.07, 6.45) is 4.55. The molecule has 30 heavy (non-hydrogen) atoms. The number of rotatable bonds is 6. The largest absolute Gasteiger partial charge is 0.493 e. The van der Waals surface area contributed by atoms with Gasteiger partial charge < -0.3 is 9.64 Å². The molecule has 4 rings (SSSR count). The molecule has 1 saturated heterocycles. The van der Waals surface area contributed by atoms with E-state index in [4.69, 9.17) is 4.74 Å². The third kappa shape index (κ3) is 4.42. The van der Waals surface area contributed by atoms with Gasteiger partial charge in [0.1, 0.15) is 17.9 Å². The number of carbonyl (C=O) groups is 1. The Labute approximate surface area is 174 Å². The molecule has 0 spiro atoms. The van der Waals surface area contributed by atoms with Gasteiger partial charge in [-0.3, -0.25) is 4.79 Å². The molecule has 0 bridgehead atoms. The fourth-order valence-electron chi connectivity index (χ4n) is 4.08. The molecule has 7 nitrogen and oxygen atoms in total. The van der Waals surface area contributed by atoms with Gasteiger partial charge in [0.05, 0.1) is 6.61 Å². The molecule has 0 N–H and O–H groups in total. The van der Waals surface area contributed by atoms with Crippen molar-refractivity contribution in [1.82, 2.24) is 24.5 Å². The summed E-state index contributed by atoms with van der Waals surface area (Å²) in [6.45, 7) is 5.94. The van der Waals surface area contributed by atoms with Gasteiger partial charge in [0.2, 0.25) is 5.91 Å². The number of ether oxygens (including phenoxy) is 1. The fraction of sp³-hybridized carbons (Fsp3) is 0.455. The van der Waals surface area contributed by atoms with E-state index in [1.165, 1.54) is 18.5 Å². The molecule has 2 aromatic heterocycles. The predicted molar refractivity (Wildman–Crippen MR) is 110 cm³/mol. The molecule has 1 atom stereocenters. The summed E-state index contributed by atoms with van der Waals surface area (Å²) in [5.41, 5.74) is 2.92. The number of amides is 1. The minimum Gasteiger partial charge on any atom is -0.493 e. The van der Waals surface area contributed by atoms with Crippen LogP contribution in [0.2, 0.25) is 0 Å². The lowest BCUT2D eigenvalue weighted by atomic mass is 9.98. The lowest BCUT2D eigenvalue weighted by molar-refractivity contribution is -0.133. The number of aromatic nitrogens is 4. The molecule has 158 valence electrons. The highest BCUT2D eigenvalue weighted by atomic mass is 19.1. The SMILES string of the molecule is Cc1nc2ncnn2c(C)c1CCC(=O)N1CCCC(COc2ccc(F)cc2)C1. The van der Waals surface area contributed by atoms with Crippen molar-refractivity contribution in [3.63, 3.8) is 0 Å². The molecule has 0 radical (unpaired) electrons. The summed E-state index contributed by atoms with van der Waals surface area (Å²) in [7, 11) is 0. The number of hydrogen-bond donors (Lipinski definition) is 0. The molecule has 1 aromatic carbocycles. The highest BCUT2D eigenvalue weighted by molar-refractivity contribution is 5.76. The van der Waals surface area contributed by atoms with Crippen molar-refractivity contribution in [1.29, 1.82) is 0 Å². The number of nitrogens with zero attached hydrogens (tertiary/aromatic N) is 5. The molecule has 1 amide bonds. The van der Waals surface area contributed by atoms with Crippen LogP contribution in [0.15, 0.2) is 30.6 Å². The molecule has 1 unspecified atom stereocenters. The number of fused-ring (bicyclic) bond motifs is 1. The Hall–Kier alpha value is -3.03. The Kier molecular flexibility index (Phi) is 5.92. The predicted octanol–water partition coefficient (Wildman–Crippen LogP) is 3.13. The highest BCUT2D eigenvalue weighted by Crippen LogP contribution is 2.21. The molecule has 1 aliphatic heterocycles. The van der Waals surface area contributed by atoms with Crippen LogP contribution in [0, 0.1) is 25.6 Å². The van der Waals surface area contributed by atoms with Gasteiger partial charge in [-0.2, -0.15) is 10.1 Å². The first kappa shape index (κ1) is 20.3. The van der Waals surface area contributed by atoms with E-state index >= 15 is 0 Å². The van der Waals surface area contributed by atoms with Gasteiger partial charge in [-0.05, 0) is 62.9 Å². The number of halogens is 1. The standard InChI is InChI=1S/C22H26FN5O2/c1-15-20(16(2)28-22(26-15)24-14-25-28)9-10-21(29)27-11-3-4-17(12-27)13-30-19-7-5-18(23)6-8-19/h5-8,14,17H,3-4,9-13H2,1-2H3. The van der Waals surface area contributed by atoms with E-state index < -0.39 is 0 Å². The Balaban J connectivity index is 1.33. The minimum absolute atomic E-state index is 0.152. The van der Waals surface area contributed by atoms with E-state index in [1.54, 1.807) is 16.6 Å². The van der Waals surface area contributed by atoms with Crippen molar-refractivity contribution in [2.45, 2.75) is 39.5 Å². The zero-order valence-electron chi connectivity index (χ0n) is 17.3. The van der Waals surface area contributed by atoms with Crippen molar-refractivity contribution in [3.05, 3.63) is 53.4 Å². The van der Waals surface area contributed by atoms with E-state index in [1.807, 2.05) is 18.7 Å². The molecule has 8 heteroatoms. The van der Waals surface area contributed by atoms with E-state index in [-0.39, 0.29) is 17.6 Å². The maximum absolute atomic E-state index is 13.0. The second kappa shape index (κ2) is 8.77. The zero-order chi connectivity index (χ0) is 21.1. The van der Waals surface area contributed by atoms with Crippen molar-refractivity contribution >= 4 is 11.7 Å². The summed E-state index contributed by atoms with van der Waals surface area (Å²) in [4.78, 5) is 23.4. The Morgan fingerprint density at radius 1 is 1.27 bits per heavy atom. The number of likely N-dealkylation sites (tertiary alicyclic amines) is 1. The van der Waals surface area contributed by atoms with E-state index in [0.717, 1.165) is 36.3 Å². The lowest BCUT2D eigenvalue weighted by Crippen LogP contribution is -2.41. The summed E-state index contributed by atoms with van der Waals surface area (Å²) in [5, 5.41) is 4.21. The lowest BCUT2D eigenvalue weighted by Gasteiger charge is -2.33. The van der Waals surface area contributed by atoms with Crippen LogP contribution in [0.25, 0.3) is 5.78 Å². The molecule has 0 aliphatic carbocycles. The quantitative estimate of drug-likeness (QED) is 0.623. The van der Waals surface area contributed by atoms with Crippen molar-refractivity contribution in [2.75, 3.05) is 19.7 Å². The van der Waals surface area contributed by atoms with Crippen LogP contribution in [-0.4, -0.2) is 50.1 Å². The molecular weight excluding hydrogens is 385 g/mol. The van der Waals surface area contributed by atoms with E-state index in [2.05, 4.69) is 15.1 Å². The monoisotopic (exact) mass is 411 g/mol. The summed E-state index contributed by atoms with van der Waals surface area (Å²) in [6, 6.07) is 6.04. The van der Waals surface area contributed by atoms with Gasteiger partial charge in [0.15, 0.2) is 0 Å². The first-order chi connectivity index (χ1) is 14.5. The van der Waals surface area contributed by atoms with Gasteiger partial charge in [-0.25, -0.2) is 13.9 Å². The highest BCUT2D eigenvalue weighted by Gasteiger charge is 2.24. The smallest absolute Gasteiger partial charge is 0.252 e.